The van der Waals surface area contributed by atoms with Gasteiger partial charge in [-0.25, -0.2) is 18.4 Å². The van der Waals surface area contributed by atoms with E-state index in [1.807, 2.05) is 19.3 Å². The van der Waals surface area contributed by atoms with E-state index >= 15 is 0 Å². The minimum Gasteiger partial charge on any atom is -0.295 e. The van der Waals surface area contributed by atoms with Crippen molar-refractivity contribution in [1.29, 1.82) is 0 Å². The van der Waals surface area contributed by atoms with Gasteiger partial charge >= 0.3 is 0 Å². The zero-order chi connectivity index (χ0) is 18.3. The van der Waals surface area contributed by atoms with Gasteiger partial charge in [0.25, 0.3) is 0 Å². The number of imidazole rings is 1. The molecule has 9 heteroatoms. The quantitative estimate of drug-likeness (QED) is 0.700. The van der Waals surface area contributed by atoms with Crippen LogP contribution in [0.5, 0.6) is 0 Å². The molecule has 8 nitrogen and oxygen atoms in total. The van der Waals surface area contributed by atoms with Crippen LogP contribution < -0.4 is 0 Å². The van der Waals surface area contributed by atoms with Gasteiger partial charge in [0.1, 0.15) is 0 Å². The van der Waals surface area contributed by atoms with Gasteiger partial charge in [0, 0.05) is 61.9 Å². The highest BCUT2D eigenvalue weighted by atomic mass is 32.2. The molecule has 0 amide bonds. The van der Waals surface area contributed by atoms with Crippen LogP contribution in [-0.4, -0.2) is 52.3 Å². The molecule has 0 aliphatic carbocycles. The lowest BCUT2D eigenvalue weighted by Gasteiger charge is -2.15. The molecule has 4 heterocycles. The average molecular weight is 368 g/mol. The van der Waals surface area contributed by atoms with E-state index in [-0.39, 0.29) is 5.03 Å². The van der Waals surface area contributed by atoms with Crippen LogP contribution in [0.3, 0.4) is 0 Å². The van der Waals surface area contributed by atoms with Crippen LogP contribution in [0.25, 0.3) is 22.5 Å². The van der Waals surface area contributed by atoms with Crippen molar-refractivity contribution in [2.24, 2.45) is 5.10 Å². The number of hydrazone groups is 1. The van der Waals surface area contributed by atoms with Gasteiger partial charge in [-0.3, -0.25) is 14.4 Å². The third-order valence-corrected chi connectivity index (χ3v) is 4.99. The second-order valence-corrected chi connectivity index (χ2v) is 7.94. The molecule has 1 aliphatic rings. The highest BCUT2D eigenvalue weighted by molar-refractivity contribution is 7.90. The summed E-state index contributed by atoms with van der Waals surface area (Å²) in [6, 6.07) is 3.62. The maximum Gasteiger partial charge on any atom is 0.199 e. The average Bonchev–Trinajstić information content (AvgIpc) is 3.04. The summed E-state index contributed by atoms with van der Waals surface area (Å²) in [5, 5.41) is 5.83. The van der Waals surface area contributed by atoms with Crippen molar-refractivity contribution in [3.05, 3.63) is 48.8 Å². The van der Waals surface area contributed by atoms with Crippen LogP contribution in [0.1, 0.15) is 12.1 Å². The van der Waals surface area contributed by atoms with E-state index in [1.165, 1.54) is 0 Å². The number of hydrogen-bond acceptors (Lipinski definition) is 7. The van der Waals surface area contributed by atoms with Gasteiger partial charge < -0.3 is 0 Å². The van der Waals surface area contributed by atoms with Gasteiger partial charge in [-0.15, -0.1) is 0 Å². The molecule has 26 heavy (non-hydrogen) atoms. The summed E-state index contributed by atoms with van der Waals surface area (Å²) in [6.07, 6.45) is 12.2. The van der Waals surface area contributed by atoms with Crippen molar-refractivity contribution in [2.45, 2.75) is 11.4 Å². The molecule has 0 unspecified atom stereocenters. The van der Waals surface area contributed by atoms with Crippen LogP contribution >= 0.6 is 0 Å². The molecular weight excluding hydrogens is 352 g/mol. The van der Waals surface area contributed by atoms with Gasteiger partial charge in [0.05, 0.1) is 17.6 Å². The third-order valence-electron chi connectivity index (χ3n) is 4.02. The summed E-state index contributed by atoms with van der Waals surface area (Å²) in [6.45, 7) is 0. The number of pyridine rings is 1. The second-order valence-electron chi connectivity index (χ2n) is 6.01. The Bertz CT molecular complexity index is 1150. The van der Waals surface area contributed by atoms with Crippen LogP contribution in [0.2, 0.25) is 0 Å². The lowest BCUT2D eigenvalue weighted by molar-refractivity contribution is 0.488. The molecule has 0 atom stereocenters. The van der Waals surface area contributed by atoms with Crippen LogP contribution in [0.15, 0.2) is 53.2 Å². The topological polar surface area (TPSA) is 92.8 Å². The number of hydrogen-bond donors (Lipinski definition) is 0. The van der Waals surface area contributed by atoms with Crippen LogP contribution in [0, 0.1) is 0 Å². The first kappa shape index (κ1) is 16.4. The molecule has 0 bridgehead atoms. The molecule has 4 rings (SSSR count). The van der Waals surface area contributed by atoms with Gasteiger partial charge in [-0.2, -0.15) is 5.10 Å². The second kappa shape index (κ2) is 6.03. The van der Waals surface area contributed by atoms with E-state index in [2.05, 4.69) is 20.1 Å². The standard InChI is InChI=1S/C17H16N6O2S/c1-22-10-13(5-7-20-22)15-9-19-16-17(26(2,24)25)21-14(11-23(15)16)12-4-3-6-18-8-12/h3-4,6-11H,5H2,1-2H3. The Morgan fingerprint density at radius 3 is 2.77 bits per heavy atom. The van der Waals surface area contributed by atoms with Gasteiger partial charge in [-0.1, -0.05) is 0 Å². The van der Waals surface area contributed by atoms with Gasteiger partial charge in [-0.05, 0) is 12.1 Å². The van der Waals surface area contributed by atoms with E-state index in [0.29, 0.717) is 17.8 Å². The van der Waals surface area contributed by atoms with E-state index in [4.69, 9.17) is 0 Å². The fraction of sp³-hybridized carbons (Fsp3) is 0.176. The SMILES string of the molecule is CN1C=C(c2cnc3c(S(C)(=O)=O)nc(-c4cccnc4)cn23)CC=N1. The summed E-state index contributed by atoms with van der Waals surface area (Å²) in [5.41, 5.74) is 3.34. The number of allylic oxidation sites excluding steroid dienone is 1. The van der Waals surface area contributed by atoms with Crippen molar-refractivity contribution < 1.29 is 8.42 Å². The Morgan fingerprint density at radius 1 is 1.23 bits per heavy atom. The molecule has 0 N–H and O–H groups in total. The summed E-state index contributed by atoms with van der Waals surface area (Å²) in [4.78, 5) is 12.8. The Labute approximate surface area is 150 Å². The van der Waals surface area contributed by atoms with E-state index in [9.17, 15) is 8.42 Å². The maximum atomic E-state index is 12.3. The van der Waals surface area contributed by atoms with Crippen molar-refractivity contribution in [2.75, 3.05) is 13.3 Å². The molecule has 0 aromatic carbocycles. The molecule has 0 saturated carbocycles. The molecule has 0 saturated heterocycles. The molecular formula is C17H16N6O2S. The smallest absolute Gasteiger partial charge is 0.199 e. The van der Waals surface area contributed by atoms with Crippen molar-refractivity contribution in [3.8, 4) is 11.3 Å². The lowest BCUT2D eigenvalue weighted by Crippen LogP contribution is -2.10. The van der Waals surface area contributed by atoms with Gasteiger partial charge in [0.15, 0.2) is 20.5 Å². The number of rotatable bonds is 3. The predicted molar refractivity (Wildman–Crippen MR) is 98.2 cm³/mol. The van der Waals surface area contributed by atoms with E-state index in [0.717, 1.165) is 23.1 Å². The summed E-state index contributed by atoms with van der Waals surface area (Å²) < 4.78 is 26.4. The Morgan fingerprint density at radius 2 is 2.08 bits per heavy atom. The third kappa shape index (κ3) is 2.86. The highest BCUT2D eigenvalue weighted by Crippen LogP contribution is 2.27. The molecule has 0 fully saturated rings. The minimum atomic E-state index is -3.56. The monoisotopic (exact) mass is 368 g/mol. The highest BCUT2D eigenvalue weighted by Gasteiger charge is 2.21. The Balaban J connectivity index is 2.00. The Kier molecular flexibility index (Phi) is 3.80. The first-order chi connectivity index (χ1) is 12.4. The largest absolute Gasteiger partial charge is 0.295 e. The zero-order valence-electron chi connectivity index (χ0n) is 14.2. The van der Waals surface area contributed by atoms with Crippen LogP contribution in [0.4, 0.5) is 0 Å². The number of nitrogens with zero attached hydrogens (tertiary/aromatic N) is 6. The molecule has 0 radical (unpaired) electrons. The number of fused-ring (bicyclic) bond motifs is 1. The normalized spacial score (nSPS) is 14.7. The molecule has 132 valence electrons. The van der Waals surface area contributed by atoms with E-state index in [1.54, 1.807) is 46.5 Å². The zero-order valence-corrected chi connectivity index (χ0v) is 15.1. The summed E-state index contributed by atoms with van der Waals surface area (Å²) >= 11 is 0. The minimum absolute atomic E-state index is 0.0523. The summed E-state index contributed by atoms with van der Waals surface area (Å²) in [5.74, 6) is 0. The molecule has 3 aromatic heterocycles. The number of aromatic nitrogens is 4. The summed E-state index contributed by atoms with van der Waals surface area (Å²) in [7, 11) is -1.72. The predicted octanol–water partition coefficient (Wildman–Crippen LogP) is 1.86. The fourth-order valence-corrected chi connectivity index (χ4v) is 3.60. The molecule has 0 spiro atoms. The first-order valence-corrected chi connectivity index (χ1v) is 9.77. The molecule has 3 aromatic rings. The Hall–Kier alpha value is -3.07. The van der Waals surface area contributed by atoms with Crippen molar-refractivity contribution in [3.63, 3.8) is 0 Å². The maximum absolute atomic E-state index is 12.3. The van der Waals surface area contributed by atoms with Gasteiger partial charge in [0.2, 0.25) is 0 Å². The molecule has 1 aliphatic heterocycles. The van der Waals surface area contributed by atoms with Crippen LogP contribution in [-0.2, 0) is 9.84 Å². The fourth-order valence-electron chi connectivity index (χ4n) is 2.85. The van der Waals surface area contributed by atoms with Crippen molar-refractivity contribution in [1.82, 2.24) is 24.4 Å². The number of sulfone groups is 1. The van der Waals surface area contributed by atoms with Crippen molar-refractivity contribution >= 4 is 27.3 Å². The lowest BCUT2D eigenvalue weighted by atomic mass is 10.1. The van der Waals surface area contributed by atoms with E-state index < -0.39 is 9.84 Å². The first-order valence-electron chi connectivity index (χ1n) is 7.88.